The number of aromatic amines is 1. The van der Waals surface area contributed by atoms with Crippen molar-refractivity contribution in [3.8, 4) is 0 Å². The van der Waals surface area contributed by atoms with Gasteiger partial charge in [-0.25, -0.2) is 0 Å². The van der Waals surface area contributed by atoms with Crippen LogP contribution in [0.15, 0.2) is 12.3 Å². The molecule has 5 heteroatoms. The number of aromatic nitrogens is 1. The van der Waals surface area contributed by atoms with Gasteiger partial charge in [-0.3, -0.25) is 9.59 Å². The Morgan fingerprint density at radius 3 is 2.90 bits per heavy atom. The van der Waals surface area contributed by atoms with Crippen molar-refractivity contribution >= 4 is 11.7 Å². The molecule has 2 heterocycles. The summed E-state index contributed by atoms with van der Waals surface area (Å²) >= 11 is 0. The van der Waals surface area contributed by atoms with Crippen molar-refractivity contribution in [2.75, 3.05) is 19.6 Å². The molecule has 1 aromatic heterocycles. The molecule has 1 aliphatic heterocycles. The highest BCUT2D eigenvalue weighted by molar-refractivity contribution is 5.99. The first kappa shape index (κ1) is 15.8. The first-order valence-corrected chi connectivity index (χ1v) is 7.79. The highest BCUT2D eigenvalue weighted by Crippen LogP contribution is 2.16. The minimum Gasteiger partial charge on any atom is -0.356 e. The lowest BCUT2D eigenvalue weighted by Crippen LogP contribution is -2.39. The fourth-order valence-electron chi connectivity index (χ4n) is 2.80. The van der Waals surface area contributed by atoms with Gasteiger partial charge in [-0.15, -0.1) is 0 Å². The smallest absolute Gasteiger partial charge is 0.267 e. The van der Waals surface area contributed by atoms with Gasteiger partial charge in [0.15, 0.2) is 5.78 Å². The number of rotatable bonds is 6. The van der Waals surface area contributed by atoms with E-state index in [1.165, 1.54) is 32.7 Å². The monoisotopic (exact) mass is 291 g/mol. The predicted octanol–water partition coefficient (Wildman–Crippen LogP) is 2.21. The number of H-pyrrole nitrogens is 1. The van der Waals surface area contributed by atoms with Crippen molar-refractivity contribution in [3.05, 3.63) is 23.5 Å². The zero-order valence-corrected chi connectivity index (χ0v) is 12.9. The normalized spacial score (nSPS) is 19.4. The molecule has 1 amide bonds. The second-order valence-corrected chi connectivity index (χ2v) is 5.85. The molecule has 0 bridgehead atoms. The van der Waals surface area contributed by atoms with E-state index in [0.717, 1.165) is 13.0 Å². The van der Waals surface area contributed by atoms with Crippen LogP contribution in [-0.4, -0.2) is 47.3 Å². The molecule has 0 spiro atoms. The van der Waals surface area contributed by atoms with Gasteiger partial charge >= 0.3 is 0 Å². The van der Waals surface area contributed by atoms with E-state index < -0.39 is 0 Å². The molecule has 1 fully saturated rings. The van der Waals surface area contributed by atoms with Crippen molar-refractivity contribution in [1.82, 2.24) is 15.2 Å². The summed E-state index contributed by atoms with van der Waals surface area (Å²) in [6.07, 6.45) is 6.43. The minimum atomic E-state index is -0.144. The molecule has 1 saturated heterocycles. The summed E-state index contributed by atoms with van der Waals surface area (Å²) in [6, 6.07) is 2.26. The van der Waals surface area contributed by atoms with E-state index in [0.29, 0.717) is 23.8 Å². The molecule has 5 nitrogen and oxygen atoms in total. The Morgan fingerprint density at radius 1 is 1.43 bits per heavy atom. The van der Waals surface area contributed by atoms with E-state index >= 15 is 0 Å². The van der Waals surface area contributed by atoms with Crippen molar-refractivity contribution in [2.24, 2.45) is 0 Å². The van der Waals surface area contributed by atoms with Gasteiger partial charge < -0.3 is 15.2 Å². The number of Topliss-reactive ketones (excluding diaryl/α,β-unsaturated/α-hetero) is 1. The fourth-order valence-corrected chi connectivity index (χ4v) is 2.80. The number of hydrogen-bond donors (Lipinski definition) is 2. The van der Waals surface area contributed by atoms with Crippen LogP contribution in [0.2, 0.25) is 0 Å². The van der Waals surface area contributed by atoms with Crippen molar-refractivity contribution in [2.45, 2.75) is 45.6 Å². The molecule has 0 radical (unpaired) electrons. The summed E-state index contributed by atoms with van der Waals surface area (Å²) in [4.78, 5) is 28.5. The number of carbonyl (C=O) groups excluding carboxylic acids is 2. The zero-order chi connectivity index (χ0) is 15.2. The van der Waals surface area contributed by atoms with Crippen LogP contribution in [-0.2, 0) is 0 Å². The number of piperidine rings is 1. The zero-order valence-electron chi connectivity index (χ0n) is 12.9. The SMILES string of the molecule is CC(=O)c1c[nH]c(C(=O)NCCCN2CCCC[C@@H]2C)c1. The molecule has 1 atom stereocenters. The van der Waals surface area contributed by atoms with Crippen LogP contribution in [0.25, 0.3) is 0 Å². The van der Waals surface area contributed by atoms with Gasteiger partial charge in [0.2, 0.25) is 0 Å². The Labute approximate surface area is 126 Å². The summed E-state index contributed by atoms with van der Waals surface area (Å²) in [6.45, 7) is 6.64. The summed E-state index contributed by atoms with van der Waals surface area (Å²) < 4.78 is 0. The first-order valence-electron chi connectivity index (χ1n) is 7.79. The van der Waals surface area contributed by atoms with Crippen LogP contribution >= 0.6 is 0 Å². The van der Waals surface area contributed by atoms with Gasteiger partial charge in [-0.05, 0) is 45.7 Å². The van der Waals surface area contributed by atoms with Gasteiger partial charge in [0, 0.05) is 30.9 Å². The largest absolute Gasteiger partial charge is 0.356 e. The maximum Gasteiger partial charge on any atom is 0.267 e. The fraction of sp³-hybridized carbons (Fsp3) is 0.625. The second-order valence-electron chi connectivity index (χ2n) is 5.85. The van der Waals surface area contributed by atoms with Crippen molar-refractivity contribution in [1.29, 1.82) is 0 Å². The molecule has 0 saturated carbocycles. The van der Waals surface area contributed by atoms with E-state index in [-0.39, 0.29) is 11.7 Å². The first-order chi connectivity index (χ1) is 10.1. The molecule has 1 aromatic rings. The molecule has 2 N–H and O–H groups in total. The number of hydrogen-bond acceptors (Lipinski definition) is 3. The molecule has 0 aromatic carbocycles. The number of nitrogens with zero attached hydrogens (tertiary/aromatic N) is 1. The lowest BCUT2D eigenvalue weighted by Gasteiger charge is -2.33. The van der Waals surface area contributed by atoms with Gasteiger partial charge in [0.05, 0.1) is 0 Å². The van der Waals surface area contributed by atoms with Gasteiger partial charge in [-0.1, -0.05) is 6.42 Å². The van der Waals surface area contributed by atoms with Crippen molar-refractivity contribution < 1.29 is 9.59 Å². The molecule has 0 unspecified atom stereocenters. The number of nitrogens with one attached hydrogen (secondary N) is 2. The minimum absolute atomic E-state index is 0.0376. The van der Waals surface area contributed by atoms with E-state index in [1.807, 2.05) is 0 Å². The van der Waals surface area contributed by atoms with E-state index in [9.17, 15) is 9.59 Å². The maximum absolute atomic E-state index is 11.9. The molecule has 2 rings (SSSR count). The van der Waals surface area contributed by atoms with E-state index in [4.69, 9.17) is 0 Å². The Kier molecular flexibility index (Phi) is 5.56. The third-order valence-corrected chi connectivity index (χ3v) is 4.18. The number of amides is 1. The Bertz CT molecular complexity index is 495. The lowest BCUT2D eigenvalue weighted by atomic mass is 10.0. The highest BCUT2D eigenvalue weighted by atomic mass is 16.2. The summed E-state index contributed by atoms with van der Waals surface area (Å²) in [5, 5.41) is 2.90. The Hall–Kier alpha value is -1.62. The van der Waals surface area contributed by atoms with Crippen molar-refractivity contribution in [3.63, 3.8) is 0 Å². The van der Waals surface area contributed by atoms with Crippen LogP contribution in [0.4, 0.5) is 0 Å². The van der Waals surface area contributed by atoms with Crippen LogP contribution in [0.3, 0.4) is 0 Å². The Balaban J connectivity index is 1.70. The van der Waals surface area contributed by atoms with E-state index in [2.05, 4.69) is 22.1 Å². The average Bonchev–Trinajstić information content (AvgIpc) is 2.95. The third-order valence-electron chi connectivity index (χ3n) is 4.18. The number of ketones is 1. The van der Waals surface area contributed by atoms with Crippen LogP contribution < -0.4 is 5.32 Å². The molecular formula is C16H25N3O2. The quantitative estimate of drug-likeness (QED) is 0.624. The second kappa shape index (κ2) is 7.41. The lowest BCUT2D eigenvalue weighted by molar-refractivity contribution is 0.0944. The third kappa shape index (κ3) is 4.43. The van der Waals surface area contributed by atoms with Crippen LogP contribution in [0.5, 0.6) is 0 Å². The topological polar surface area (TPSA) is 65.2 Å². The molecule has 0 aliphatic carbocycles. The van der Waals surface area contributed by atoms with Gasteiger partial charge in [0.1, 0.15) is 5.69 Å². The number of likely N-dealkylation sites (tertiary alicyclic amines) is 1. The summed E-state index contributed by atoms with van der Waals surface area (Å²) in [7, 11) is 0. The predicted molar refractivity (Wildman–Crippen MR) is 82.6 cm³/mol. The van der Waals surface area contributed by atoms with E-state index in [1.54, 1.807) is 12.3 Å². The Morgan fingerprint density at radius 2 is 2.24 bits per heavy atom. The molecular weight excluding hydrogens is 266 g/mol. The standard InChI is InChI=1S/C16H25N3O2/c1-12-6-3-4-8-19(12)9-5-7-17-16(21)15-10-14(11-18-15)13(2)20/h10-12,18H,3-9H2,1-2H3,(H,17,21)/t12-/m0/s1. The van der Waals surface area contributed by atoms with Gasteiger partial charge in [0.25, 0.3) is 5.91 Å². The summed E-state index contributed by atoms with van der Waals surface area (Å²) in [5.74, 6) is -0.182. The average molecular weight is 291 g/mol. The molecule has 1 aliphatic rings. The highest BCUT2D eigenvalue weighted by Gasteiger charge is 2.17. The van der Waals surface area contributed by atoms with Crippen LogP contribution in [0, 0.1) is 0 Å². The molecule has 116 valence electrons. The number of carbonyl (C=O) groups is 2. The maximum atomic E-state index is 11.9. The summed E-state index contributed by atoms with van der Waals surface area (Å²) in [5.41, 5.74) is 0.994. The van der Waals surface area contributed by atoms with Crippen LogP contribution in [0.1, 0.15) is 60.4 Å². The van der Waals surface area contributed by atoms with Gasteiger partial charge in [-0.2, -0.15) is 0 Å². The molecule has 21 heavy (non-hydrogen) atoms.